The summed E-state index contributed by atoms with van der Waals surface area (Å²) in [5.41, 5.74) is 2.35. The van der Waals surface area contributed by atoms with Crippen molar-refractivity contribution in [2.24, 2.45) is 5.92 Å². The van der Waals surface area contributed by atoms with Crippen molar-refractivity contribution in [1.29, 1.82) is 0 Å². The highest BCUT2D eigenvalue weighted by atomic mass is 16.1. The molecule has 1 aromatic carbocycles. The van der Waals surface area contributed by atoms with Crippen LogP contribution in [0.25, 0.3) is 6.08 Å². The molecule has 0 radical (unpaired) electrons. The van der Waals surface area contributed by atoms with Gasteiger partial charge in [-0.05, 0) is 25.7 Å². The summed E-state index contributed by atoms with van der Waals surface area (Å²) in [6.45, 7) is 2.11. The highest BCUT2D eigenvalue weighted by Gasteiger charge is 2.32. The zero-order valence-corrected chi connectivity index (χ0v) is 14.4. The number of aromatic nitrogens is 2. The number of rotatable bonds is 6. The van der Waals surface area contributed by atoms with Crippen LogP contribution in [0.15, 0.2) is 41.2 Å². The molecular weight excluding hydrogens is 312 g/mol. The fraction of sp³-hybridized carbons (Fsp3) is 0.381. The third-order valence-electron chi connectivity index (χ3n) is 5.28. The Morgan fingerprint density at radius 3 is 2.76 bits per heavy atom. The van der Waals surface area contributed by atoms with Crippen LogP contribution < -0.4 is 5.56 Å². The van der Waals surface area contributed by atoms with Crippen LogP contribution in [0.2, 0.25) is 0 Å². The molecule has 25 heavy (non-hydrogen) atoms. The number of ketones is 1. The van der Waals surface area contributed by atoms with Gasteiger partial charge in [-0.3, -0.25) is 14.2 Å². The van der Waals surface area contributed by atoms with Gasteiger partial charge >= 0.3 is 0 Å². The lowest BCUT2D eigenvalue weighted by Gasteiger charge is -2.20. The van der Waals surface area contributed by atoms with Crippen LogP contribution in [-0.2, 0) is 12.8 Å². The first-order chi connectivity index (χ1) is 12.1. The number of fused-ring (bicyclic) bond motifs is 1. The molecule has 0 amide bonds. The Morgan fingerprint density at radius 1 is 1.28 bits per heavy atom. The molecule has 0 N–H and O–H groups in total. The second kappa shape index (κ2) is 6.43. The third kappa shape index (κ3) is 3.09. The standard InChI is InChI=1S/C21H22N2O2/c1-14(15-10-11-15)23-20(22-18-9-5-8-17(18)21(23)25)13-12-19(24)16-6-3-2-4-7-16/h2-8,14-15H,9-13H2,1H3. The molecule has 2 aliphatic rings. The van der Waals surface area contributed by atoms with E-state index in [0.29, 0.717) is 25.2 Å². The van der Waals surface area contributed by atoms with Crippen LogP contribution in [0, 0.1) is 5.92 Å². The number of Topliss-reactive ketones (excluding diaryl/α,β-unsaturated/α-hetero) is 1. The molecule has 1 fully saturated rings. The maximum atomic E-state index is 13.0. The van der Waals surface area contributed by atoms with Crippen molar-refractivity contribution in [3.05, 3.63) is 69.4 Å². The molecule has 4 rings (SSSR count). The molecule has 4 nitrogen and oxygen atoms in total. The number of allylic oxidation sites excluding steroid dienone is 1. The van der Waals surface area contributed by atoms with Crippen LogP contribution in [0.5, 0.6) is 0 Å². The fourth-order valence-corrected chi connectivity index (χ4v) is 3.63. The highest BCUT2D eigenvalue weighted by Crippen LogP contribution is 2.39. The van der Waals surface area contributed by atoms with Gasteiger partial charge in [0, 0.05) is 30.9 Å². The van der Waals surface area contributed by atoms with Gasteiger partial charge in [-0.1, -0.05) is 42.5 Å². The molecule has 1 atom stereocenters. The van der Waals surface area contributed by atoms with Crippen LogP contribution in [0.3, 0.4) is 0 Å². The first-order valence-corrected chi connectivity index (χ1v) is 9.04. The van der Waals surface area contributed by atoms with E-state index in [0.717, 1.165) is 22.6 Å². The molecule has 0 saturated heterocycles. The SMILES string of the molecule is CC(C1CC1)n1c(CCC(=O)c2ccccc2)nc2c(c1=O)C=CC2. The summed E-state index contributed by atoms with van der Waals surface area (Å²) in [5.74, 6) is 1.42. The summed E-state index contributed by atoms with van der Waals surface area (Å²) in [5, 5.41) is 0. The van der Waals surface area contributed by atoms with Crippen LogP contribution in [0.4, 0.5) is 0 Å². The molecule has 1 unspecified atom stereocenters. The van der Waals surface area contributed by atoms with E-state index in [-0.39, 0.29) is 17.4 Å². The lowest BCUT2D eigenvalue weighted by molar-refractivity contribution is 0.0981. The van der Waals surface area contributed by atoms with Crippen molar-refractivity contribution in [1.82, 2.24) is 9.55 Å². The van der Waals surface area contributed by atoms with Crippen LogP contribution in [-0.4, -0.2) is 15.3 Å². The van der Waals surface area contributed by atoms with Gasteiger partial charge in [0.2, 0.25) is 0 Å². The lowest BCUT2D eigenvalue weighted by atomic mass is 10.1. The second-order valence-electron chi connectivity index (χ2n) is 7.04. The topological polar surface area (TPSA) is 52.0 Å². The zero-order valence-electron chi connectivity index (χ0n) is 14.4. The number of hydrogen-bond donors (Lipinski definition) is 0. The quantitative estimate of drug-likeness (QED) is 0.759. The van der Waals surface area contributed by atoms with E-state index in [1.807, 2.05) is 47.1 Å². The molecule has 2 aliphatic carbocycles. The number of benzene rings is 1. The molecule has 1 saturated carbocycles. The summed E-state index contributed by atoms with van der Waals surface area (Å²) in [6, 6.07) is 9.47. The maximum Gasteiger partial charge on any atom is 0.261 e. The van der Waals surface area contributed by atoms with E-state index in [2.05, 4.69) is 6.92 Å². The summed E-state index contributed by atoms with van der Waals surface area (Å²) in [7, 11) is 0. The molecule has 128 valence electrons. The maximum absolute atomic E-state index is 13.0. The highest BCUT2D eigenvalue weighted by molar-refractivity contribution is 5.96. The Balaban J connectivity index is 1.63. The minimum Gasteiger partial charge on any atom is -0.294 e. The fourth-order valence-electron chi connectivity index (χ4n) is 3.63. The van der Waals surface area contributed by atoms with Gasteiger partial charge in [0.15, 0.2) is 5.78 Å². The zero-order chi connectivity index (χ0) is 17.4. The van der Waals surface area contributed by atoms with Gasteiger partial charge < -0.3 is 0 Å². The second-order valence-corrected chi connectivity index (χ2v) is 7.04. The van der Waals surface area contributed by atoms with Gasteiger partial charge in [0.1, 0.15) is 5.82 Å². The molecule has 0 spiro atoms. The number of hydrogen-bond acceptors (Lipinski definition) is 3. The van der Waals surface area contributed by atoms with Crippen molar-refractivity contribution < 1.29 is 4.79 Å². The average molecular weight is 334 g/mol. The monoisotopic (exact) mass is 334 g/mol. The average Bonchev–Trinajstić information content (AvgIpc) is 3.38. The van der Waals surface area contributed by atoms with Gasteiger partial charge in [0.05, 0.1) is 11.3 Å². The first-order valence-electron chi connectivity index (χ1n) is 9.04. The Morgan fingerprint density at radius 2 is 2.04 bits per heavy atom. The molecule has 1 aromatic heterocycles. The van der Waals surface area contributed by atoms with Crippen molar-refractivity contribution in [2.75, 3.05) is 0 Å². The van der Waals surface area contributed by atoms with E-state index >= 15 is 0 Å². The predicted octanol–water partition coefficient (Wildman–Crippen LogP) is 3.60. The summed E-state index contributed by atoms with van der Waals surface area (Å²) >= 11 is 0. The number of nitrogens with zero attached hydrogens (tertiary/aromatic N) is 2. The number of carbonyl (C=O) groups is 1. The Hall–Kier alpha value is -2.49. The Kier molecular flexibility index (Phi) is 4.12. The molecule has 0 bridgehead atoms. The molecule has 2 aromatic rings. The largest absolute Gasteiger partial charge is 0.294 e. The summed E-state index contributed by atoms with van der Waals surface area (Å²) in [4.78, 5) is 30.2. The normalized spacial score (nSPS) is 16.7. The summed E-state index contributed by atoms with van der Waals surface area (Å²) in [6.07, 6.45) is 7.81. The smallest absolute Gasteiger partial charge is 0.261 e. The van der Waals surface area contributed by atoms with E-state index in [1.54, 1.807) is 0 Å². The van der Waals surface area contributed by atoms with Crippen molar-refractivity contribution in [3.8, 4) is 0 Å². The van der Waals surface area contributed by atoms with Crippen molar-refractivity contribution >= 4 is 11.9 Å². The Bertz CT molecular complexity index is 892. The first kappa shape index (κ1) is 16.0. The van der Waals surface area contributed by atoms with Gasteiger partial charge in [-0.25, -0.2) is 4.98 Å². The van der Waals surface area contributed by atoms with E-state index < -0.39 is 0 Å². The van der Waals surface area contributed by atoms with E-state index in [1.165, 1.54) is 12.8 Å². The van der Waals surface area contributed by atoms with Gasteiger partial charge in [-0.2, -0.15) is 0 Å². The predicted molar refractivity (Wildman–Crippen MR) is 97.8 cm³/mol. The van der Waals surface area contributed by atoms with E-state index in [4.69, 9.17) is 4.98 Å². The van der Waals surface area contributed by atoms with Gasteiger partial charge in [0.25, 0.3) is 5.56 Å². The van der Waals surface area contributed by atoms with Crippen LogP contribution in [0.1, 0.15) is 59.7 Å². The van der Waals surface area contributed by atoms with Gasteiger partial charge in [-0.15, -0.1) is 0 Å². The number of carbonyl (C=O) groups excluding carboxylic acids is 1. The molecule has 0 aliphatic heterocycles. The number of aryl methyl sites for hydroxylation is 1. The minimum atomic E-state index is 0.0558. The van der Waals surface area contributed by atoms with Crippen molar-refractivity contribution in [2.45, 2.75) is 45.1 Å². The lowest BCUT2D eigenvalue weighted by Crippen LogP contribution is -2.31. The molecular formula is C21H22N2O2. The van der Waals surface area contributed by atoms with Crippen LogP contribution >= 0.6 is 0 Å². The van der Waals surface area contributed by atoms with Crippen molar-refractivity contribution in [3.63, 3.8) is 0 Å². The minimum absolute atomic E-state index is 0.0558. The molecule has 4 heteroatoms. The Labute approximate surface area is 147 Å². The summed E-state index contributed by atoms with van der Waals surface area (Å²) < 4.78 is 1.85. The third-order valence-corrected chi connectivity index (χ3v) is 5.28. The molecule has 1 heterocycles. The van der Waals surface area contributed by atoms with E-state index in [9.17, 15) is 9.59 Å².